The Hall–Kier alpha value is -2.80. The molecule has 136 valence electrons. The van der Waals surface area contributed by atoms with Crippen LogP contribution < -0.4 is 10.1 Å². The van der Waals surface area contributed by atoms with Gasteiger partial charge in [0.2, 0.25) is 0 Å². The summed E-state index contributed by atoms with van der Waals surface area (Å²) in [6, 6.07) is 13.4. The van der Waals surface area contributed by atoms with Crippen LogP contribution in [0.4, 0.5) is 0 Å². The zero-order valence-electron chi connectivity index (χ0n) is 14.5. The first-order valence-electron chi connectivity index (χ1n) is 8.05. The lowest BCUT2D eigenvalue weighted by Crippen LogP contribution is -2.29. The van der Waals surface area contributed by atoms with Gasteiger partial charge in [-0.1, -0.05) is 18.2 Å². The van der Waals surface area contributed by atoms with E-state index in [2.05, 4.69) is 5.32 Å². The number of nitrogens with one attached hydrogen (secondary N) is 1. The maximum Gasteiger partial charge on any atom is 0.255 e. The average Bonchev–Trinajstić information content (AvgIpc) is 2.97. The Morgan fingerprint density at radius 2 is 1.88 bits per heavy atom. The van der Waals surface area contributed by atoms with E-state index < -0.39 is 9.84 Å². The van der Waals surface area contributed by atoms with Crippen molar-refractivity contribution in [1.29, 1.82) is 0 Å². The van der Waals surface area contributed by atoms with Gasteiger partial charge in [0.15, 0.2) is 9.84 Å². The molecular formula is C19H19NO5S. The summed E-state index contributed by atoms with van der Waals surface area (Å²) in [6.07, 6.45) is 0. The van der Waals surface area contributed by atoms with Crippen LogP contribution in [-0.4, -0.2) is 33.7 Å². The van der Waals surface area contributed by atoms with Gasteiger partial charge in [-0.2, -0.15) is 0 Å². The number of sulfone groups is 1. The molecule has 7 heteroatoms. The Morgan fingerprint density at radius 1 is 1.15 bits per heavy atom. The zero-order valence-corrected chi connectivity index (χ0v) is 15.3. The van der Waals surface area contributed by atoms with E-state index in [0.29, 0.717) is 28.0 Å². The van der Waals surface area contributed by atoms with Gasteiger partial charge in [0.1, 0.15) is 17.1 Å². The number of furan rings is 1. The van der Waals surface area contributed by atoms with Crippen LogP contribution in [0.2, 0.25) is 0 Å². The summed E-state index contributed by atoms with van der Waals surface area (Å²) >= 11 is 0. The fourth-order valence-corrected chi connectivity index (χ4v) is 3.92. The second-order valence-electron chi connectivity index (χ2n) is 5.78. The lowest BCUT2D eigenvalue weighted by molar-refractivity contribution is 0.0956. The first-order chi connectivity index (χ1) is 12.4. The number of carbonyl (C=O) groups excluding carboxylic acids is 1. The molecule has 1 N–H and O–H groups in total. The Kier molecular flexibility index (Phi) is 4.99. The summed E-state index contributed by atoms with van der Waals surface area (Å²) in [4.78, 5) is 12.8. The Bertz CT molecular complexity index is 1040. The van der Waals surface area contributed by atoms with Gasteiger partial charge in [-0.15, -0.1) is 0 Å². The molecule has 0 aliphatic heterocycles. The van der Waals surface area contributed by atoms with Gasteiger partial charge in [0.05, 0.1) is 23.3 Å². The maximum absolute atomic E-state index is 12.6. The zero-order chi connectivity index (χ0) is 18.7. The number of aryl methyl sites for hydroxylation is 1. The minimum Gasteiger partial charge on any atom is -0.497 e. The molecule has 0 spiro atoms. The molecule has 0 aliphatic carbocycles. The lowest BCUT2D eigenvalue weighted by Gasteiger charge is -2.07. The summed E-state index contributed by atoms with van der Waals surface area (Å²) < 4.78 is 35.3. The Balaban J connectivity index is 1.75. The molecule has 1 aromatic heterocycles. The summed E-state index contributed by atoms with van der Waals surface area (Å²) in [6.45, 7) is 1.70. The quantitative estimate of drug-likeness (QED) is 0.718. The fourth-order valence-electron chi connectivity index (χ4n) is 2.74. The molecule has 0 saturated carbocycles. The number of carbonyl (C=O) groups is 1. The molecular weight excluding hydrogens is 354 g/mol. The molecule has 0 atom stereocenters. The molecule has 0 fully saturated rings. The van der Waals surface area contributed by atoms with E-state index in [1.54, 1.807) is 50.4 Å². The molecule has 0 bridgehead atoms. The molecule has 1 amide bonds. The van der Waals surface area contributed by atoms with Crippen molar-refractivity contribution < 1.29 is 22.4 Å². The van der Waals surface area contributed by atoms with E-state index in [4.69, 9.17) is 9.15 Å². The van der Waals surface area contributed by atoms with E-state index in [-0.39, 0.29) is 23.1 Å². The largest absolute Gasteiger partial charge is 0.497 e. The first kappa shape index (κ1) is 18.0. The number of amides is 1. The molecule has 26 heavy (non-hydrogen) atoms. The minimum atomic E-state index is -3.45. The predicted molar refractivity (Wildman–Crippen MR) is 98.3 cm³/mol. The Labute approximate surface area is 151 Å². The van der Waals surface area contributed by atoms with Gasteiger partial charge in [0.25, 0.3) is 5.91 Å². The third kappa shape index (κ3) is 3.57. The molecule has 0 aliphatic rings. The summed E-state index contributed by atoms with van der Waals surface area (Å²) in [7, 11) is -1.90. The number of hydrogen-bond acceptors (Lipinski definition) is 5. The van der Waals surface area contributed by atoms with Gasteiger partial charge < -0.3 is 14.5 Å². The second-order valence-corrected chi connectivity index (χ2v) is 7.89. The second kappa shape index (κ2) is 7.21. The third-order valence-corrected chi connectivity index (χ3v) is 5.79. The molecule has 0 saturated heterocycles. The van der Waals surface area contributed by atoms with E-state index in [9.17, 15) is 13.2 Å². The van der Waals surface area contributed by atoms with Crippen molar-refractivity contribution in [2.75, 3.05) is 19.4 Å². The summed E-state index contributed by atoms with van der Waals surface area (Å²) in [5, 5.41) is 3.29. The number of ether oxygens (including phenoxy) is 1. The molecule has 1 heterocycles. The van der Waals surface area contributed by atoms with E-state index >= 15 is 0 Å². The molecule has 6 nitrogen and oxygen atoms in total. The number of rotatable bonds is 6. The average molecular weight is 373 g/mol. The van der Waals surface area contributed by atoms with Gasteiger partial charge in [-0.3, -0.25) is 4.79 Å². The molecule has 3 aromatic rings. The molecule has 0 radical (unpaired) electrons. The van der Waals surface area contributed by atoms with Crippen molar-refractivity contribution >= 4 is 26.7 Å². The third-order valence-electron chi connectivity index (χ3n) is 4.06. The smallest absolute Gasteiger partial charge is 0.255 e. The van der Waals surface area contributed by atoms with Crippen LogP contribution >= 0.6 is 0 Å². The van der Waals surface area contributed by atoms with E-state index in [1.165, 1.54) is 12.1 Å². The molecule has 3 rings (SSSR count). The van der Waals surface area contributed by atoms with Gasteiger partial charge in [-0.25, -0.2) is 8.42 Å². The van der Waals surface area contributed by atoms with Gasteiger partial charge in [-0.05, 0) is 37.3 Å². The first-order valence-corrected chi connectivity index (χ1v) is 9.71. The lowest BCUT2D eigenvalue weighted by atomic mass is 10.1. The van der Waals surface area contributed by atoms with Crippen LogP contribution in [0.1, 0.15) is 16.1 Å². The highest BCUT2D eigenvalue weighted by Gasteiger charge is 2.20. The van der Waals surface area contributed by atoms with Crippen molar-refractivity contribution in [2.45, 2.75) is 11.8 Å². The molecule has 0 unspecified atom stereocenters. The van der Waals surface area contributed by atoms with Crippen molar-refractivity contribution in [3.05, 3.63) is 59.9 Å². The predicted octanol–water partition coefficient (Wildman–Crippen LogP) is 2.95. The van der Waals surface area contributed by atoms with E-state index in [1.807, 2.05) is 0 Å². The van der Waals surface area contributed by atoms with Crippen molar-refractivity contribution in [3.8, 4) is 5.75 Å². The monoisotopic (exact) mass is 373 g/mol. The summed E-state index contributed by atoms with van der Waals surface area (Å²) in [5.74, 6) is 0.523. The number of benzene rings is 2. The van der Waals surface area contributed by atoms with Gasteiger partial charge >= 0.3 is 0 Å². The highest BCUT2D eigenvalue weighted by atomic mass is 32.2. The van der Waals surface area contributed by atoms with Crippen LogP contribution in [0.5, 0.6) is 5.75 Å². The fraction of sp³-hybridized carbons (Fsp3) is 0.211. The number of hydrogen-bond donors (Lipinski definition) is 1. The minimum absolute atomic E-state index is 0.00609. The maximum atomic E-state index is 12.6. The van der Waals surface area contributed by atoms with Crippen molar-refractivity contribution in [1.82, 2.24) is 5.32 Å². The van der Waals surface area contributed by atoms with Crippen LogP contribution in [0.15, 0.2) is 57.8 Å². The van der Waals surface area contributed by atoms with Crippen LogP contribution in [0.25, 0.3) is 11.0 Å². The summed E-state index contributed by atoms with van der Waals surface area (Å²) in [5.41, 5.74) is 0.960. The Morgan fingerprint density at radius 3 is 2.58 bits per heavy atom. The topological polar surface area (TPSA) is 85.6 Å². The SMILES string of the molecule is COc1ccc2oc(C)c(C(=O)NCCS(=O)(=O)c3ccccc3)c2c1. The van der Waals surface area contributed by atoms with Crippen LogP contribution in [0, 0.1) is 6.92 Å². The highest BCUT2D eigenvalue weighted by molar-refractivity contribution is 7.91. The van der Waals surface area contributed by atoms with Crippen molar-refractivity contribution in [3.63, 3.8) is 0 Å². The number of fused-ring (bicyclic) bond motifs is 1. The van der Waals surface area contributed by atoms with E-state index in [0.717, 1.165) is 0 Å². The normalized spacial score (nSPS) is 11.5. The molecule has 2 aromatic carbocycles. The van der Waals surface area contributed by atoms with Crippen LogP contribution in [0.3, 0.4) is 0 Å². The standard InChI is InChI=1S/C19H19NO5S/c1-13-18(16-12-14(24-2)8-9-17(16)25-13)19(21)20-10-11-26(22,23)15-6-4-3-5-7-15/h3-9,12H,10-11H2,1-2H3,(H,20,21). The van der Waals surface area contributed by atoms with Gasteiger partial charge in [0, 0.05) is 11.9 Å². The number of methoxy groups -OCH3 is 1. The highest BCUT2D eigenvalue weighted by Crippen LogP contribution is 2.28. The van der Waals surface area contributed by atoms with Crippen molar-refractivity contribution in [2.24, 2.45) is 0 Å². The van der Waals surface area contributed by atoms with Crippen LogP contribution in [-0.2, 0) is 9.84 Å².